The van der Waals surface area contributed by atoms with Crippen LogP contribution in [0.3, 0.4) is 0 Å². The van der Waals surface area contributed by atoms with Crippen LogP contribution in [-0.4, -0.2) is 39.3 Å². The molecule has 10 heteroatoms. The van der Waals surface area contributed by atoms with Crippen LogP contribution in [0.15, 0.2) is 36.4 Å². The Morgan fingerprint density at radius 2 is 1.07 bits per heavy atom. The molecule has 2 rings (SSSR count). The van der Waals surface area contributed by atoms with Crippen molar-refractivity contribution in [3.8, 4) is 23.0 Å². The molecule has 2 atom stereocenters. The molecule has 7 nitrogen and oxygen atoms in total. The van der Waals surface area contributed by atoms with Crippen LogP contribution in [0.4, 0.5) is 0 Å². The molecule has 27 heavy (non-hydrogen) atoms. The Bertz CT molecular complexity index is 703. The first-order valence-corrected chi connectivity index (χ1v) is 7.36. The molecule has 0 bridgehead atoms. The molecule has 0 saturated heterocycles. The van der Waals surface area contributed by atoms with Gasteiger partial charge in [-0.05, 0) is 35.4 Å². The minimum absolute atomic E-state index is 0. The van der Waals surface area contributed by atoms with E-state index in [0.717, 1.165) is 0 Å². The molecule has 8 N–H and O–H groups in total. The molecule has 0 aliphatic rings. The fourth-order valence-electron chi connectivity index (χ4n) is 2.59. The Balaban J connectivity index is 0. The number of halogens is 2. The van der Waals surface area contributed by atoms with Crippen LogP contribution < -0.4 is 36.3 Å². The maximum Gasteiger partial charge on any atom is 2.00 e. The first kappa shape index (κ1) is 27.7. The molecular formula is C17H20Cl2N2O5Zn. The van der Waals surface area contributed by atoms with Gasteiger partial charge in [-0.3, -0.25) is 4.79 Å². The molecule has 0 aromatic heterocycles. The maximum absolute atomic E-state index is 12.9. The topological polar surface area (TPSA) is 150 Å². The van der Waals surface area contributed by atoms with Crippen molar-refractivity contribution in [3.05, 3.63) is 47.5 Å². The Morgan fingerprint density at radius 1 is 0.741 bits per heavy atom. The standard InChI is InChI=1S/C17H20N2O5.2ClH.Zn/c18-7-11(9-1-3-13(20)15(22)5-9)17(24)12(8-19)10-2-4-14(21)16(23)6-10;;;/h1-6,11-12,20-23H,7-8,18-19H2;2*1H;/q;;;+2/p-2. The van der Waals surface area contributed by atoms with Crippen LogP contribution in [0, 0.1) is 0 Å². The van der Waals surface area contributed by atoms with Crippen molar-refractivity contribution in [1.29, 1.82) is 0 Å². The molecule has 2 aromatic carbocycles. The van der Waals surface area contributed by atoms with E-state index in [1.807, 2.05) is 0 Å². The van der Waals surface area contributed by atoms with E-state index in [9.17, 15) is 25.2 Å². The first-order valence-electron chi connectivity index (χ1n) is 7.36. The van der Waals surface area contributed by atoms with Crippen molar-refractivity contribution in [2.24, 2.45) is 11.5 Å². The zero-order valence-electron chi connectivity index (χ0n) is 14.3. The fourth-order valence-corrected chi connectivity index (χ4v) is 2.59. The average molecular weight is 469 g/mol. The normalized spacial score (nSPS) is 11.9. The van der Waals surface area contributed by atoms with Gasteiger partial charge < -0.3 is 56.7 Å². The maximum atomic E-state index is 12.9. The summed E-state index contributed by atoms with van der Waals surface area (Å²) in [7, 11) is 0. The summed E-state index contributed by atoms with van der Waals surface area (Å²) in [5.74, 6) is -3.02. The number of hydrogen-bond acceptors (Lipinski definition) is 7. The summed E-state index contributed by atoms with van der Waals surface area (Å²) in [6.07, 6.45) is 0. The number of Topliss-reactive ketones (excluding diaryl/α,β-unsaturated/α-hetero) is 1. The third-order valence-corrected chi connectivity index (χ3v) is 3.96. The van der Waals surface area contributed by atoms with Crippen molar-refractivity contribution >= 4 is 5.78 Å². The molecule has 0 aliphatic carbocycles. The van der Waals surface area contributed by atoms with Gasteiger partial charge in [0.25, 0.3) is 0 Å². The van der Waals surface area contributed by atoms with E-state index < -0.39 is 11.8 Å². The summed E-state index contributed by atoms with van der Waals surface area (Å²) in [5, 5.41) is 38.0. The molecule has 0 amide bonds. The number of carbonyl (C=O) groups is 1. The summed E-state index contributed by atoms with van der Waals surface area (Å²) in [4.78, 5) is 12.9. The predicted octanol–water partition coefficient (Wildman–Crippen LogP) is -5.13. The van der Waals surface area contributed by atoms with Crippen molar-refractivity contribution in [2.45, 2.75) is 11.8 Å². The largest absolute Gasteiger partial charge is 2.00 e. The van der Waals surface area contributed by atoms with E-state index in [-0.39, 0.29) is 86.2 Å². The van der Waals surface area contributed by atoms with Gasteiger partial charge in [-0.1, -0.05) is 12.1 Å². The fraction of sp³-hybridized carbons (Fsp3) is 0.235. The second-order valence-corrected chi connectivity index (χ2v) is 5.48. The molecule has 0 fully saturated rings. The number of hydrogen-bond donors (Lipinski definition) is 6. The predicted molar refractivity (Wildman–Crippen MR) is 88.1 cm³/mol. The summed E-state index contributed by atoms with van der Waals surface area (Å²) < 4.78 is 0. The Kier molecular flexibility index (Phi) is 12.3. The molecule has 0 radical (unpaired) electrons. The van der Waals surface area contributed by atoms with Crippen LogP contribution in [-0.2, 0) is 24.3 Å². The van der Waals surface area contributed by atoms with Gasteiger partial charge in [0.05, 0.1) is 11.8 Å². The smallest absolute Gasteiger partial charge is 1.00 e. The number of aromatic hydroxyl groups is 4. The number of nitrogens with two attached hydrogens (primary N) is 2. The molecule has 2 unspecified atom stereocenters. The van der Waals surface area contributed by atoms with Gasteiger partial charge in [0.1, 0.15) is 5.78 Å². The van der Waals surface area contributed by atoms with E-state index in [0.29, 0.717) is 11.1 Å². The van der Waals surface area contributed by atoms with Gasteiger partial charge in [-0.2, -0.15) is 0 Å². The zero-order valence-corrected chi connectivity index (χ0v) is 18.8. The van der Waals surface area contributed by atoms with Gasteiger partial charge in [-0.25, -0.2) is 0 Å². The van der Waals surface area contributed by atoms with Crippen LogP contribution in [0.25, 0.3) is 0 Å². The van der Waals surface area contributed by atoms with Crippen molar-refractivity contribution in [2.75, 3.05) is 13.1 Å². The molecule has 0 saturated carbocycles. The van der Waals surface area contributed by atoms with Crippen LogP contribution in [0.2, 0.25) is 0 Å². The van der Waals surface area contributed by atoms with Crippen molar-refractivity contribution < 1.29 is 69.5 Å². The molecule has 144 valence electrons. The zero-order chi connectivity index (χ0) is 17.9. The van der Waals surface area contributed by atoms with Crippen LogP contribution in [0.5, 0.6) is 23.0 Å². The SMILES string of the molecule is NCC(C(=O)C(CN)c1ccc(O)c(O)c1)c1ccc(O)c(O)c1.[Cl-].[Cl-].[Zn+2]. The number of phenolic OH excluding ortho intramolecular Hbond substituents is 4. The van der Waals surface area contributed by atoms with Crippen molar-refractivity contribution in [1.82, 2.24) is 0 Å². The number of ketones is 1. The average Bonchev–Trinajstić information content (AvgIpc) is 2.55. The number of benzene rings is 2. The van der Waals surface area contributed by atoms with Gasteiger partial charge in [0, 0.05) is 13.1 Å². The summed E-state index contributed by atoms with van der Waals surface area (Å²) in [5.41, 5.74) is 12.4. The third kappa shape index (κ3) is 6.23. The molecular weight excluding hydrogens is 448 g/mol. The Hall–Kier alpha value is -1.57. The second kappa shape index (κ2) is 12.0. The van der Waals surface area contributed by atoms with E-state index >= 15 is 0 Å². The molecule has 2 aromatic rings. The Morgan fingerprint density at radius 3 is 1.33 bits per heavy atom. The van der Waals surface area contributed by atoms with E-state index in [2.05, 4.69) is 0 Å². The van der Waals surface area contributed by atoms with Crippen LogP contribution >= 0.6 is 0 Å². The van der Waals surface area contributed by atoms with Crippen LogP contribution in [0.1, 0.15) is 23.0 Å². The van der Waals surface area contributed by atoms with Gasteiger partial charge in [0.2, 0.25) is 0 Å². The summed E-state index contributed by atoms with van der Waals surface area (Å²) >= 11 is 0. The summed E-state index contributed by atoms with van der Waals surface area (Å²) in [6.45, 7) is -0.0206. The third-order valence-electron chi connectivity index (χ3n) is 3.96. The van der Waals surface area contributed by atoms with E-state index in [1.54, 1.807) is 0 Å². The van der Waals surface area contributed by atoms with E-state index in [1.165, 1.54) is 36.4 Å². The Labute approximate surface area is 182 Å². The monoisotopic (exact) mass is 466 g/mol. The van der Waals surface area contributed by atoms with Gasteiger partial charge in [0.15, 0.2) is 23.0 Å². The van der Waals surface area contributed by atoms with Gasteiger partial charge in [-0.15, -0.1) is 0 Å². The molecule has 0 heterocycles. The minimum Gasteiger partial charge on any atom is -1.00 e. The molecule has 0 aliphatic heterocycles. The first-order chi connectivity index (χ1) is 11.4. The molecule has 0 spiro atoms. The van der Waals surface area contributed by atoms with Gasteiger partial charge >= 0.3 is 19.5 Å². The number of rotatable bonds is 6. The number of carbonyl (C=O) groups excluding carboxylic acids is 1. The van der Waals surface area contributed by atoms with Crippen molar-refractivity contribution in [3.63, 3.8) is 0 Å². The quantitative estimate of drug-likeness (QED) is 0.183. The second-order valence-electron chi connectivity index (χ2n) is 5.48. The van der Waals surface area contributed by atoms with E-state index in [4.69, 9.17) is 11.5 Å². The minimum atomic E-state index is -0.735. The summed E-state index contributed by atoms with van der Waals surface area (Å²) in [6, 6.07) is 8.15. The number of phenols is 4.